The average molecular weight is 399 g/mol. The van der Waals surface area contributed by atoms with Gasteiger partial charge in [-0.1, -0.05) is 30.3 Å². The summed E-state index contributed by atoms with van der Waals surface area (Å²) in [7, 11) is 1.48. The third-order valence-corrected chi connectivity index (χ3v) is 3.65. The van der Waals surface area contributed by atoms with Crippen LogP contribution in [0.5, 0.6) is 5.75 Å². The van der Waals surface area contributed by atoms with Crippen molar-refractivity contribution < 1.29 is 28.7 Å². The fourth-order valence-electron chi connectivity index (χ4n) is 2.22. The topological polar surface area (TPSA) is 123 Å². The van der Waals surface area contributed by atoms with E-state index in [2.05, 4.69) is 16.2 Å². The quantitative estimate of drug-likeness (QED) is 0.456. The molecule has 0 atom stereocenters. The molecule has 2 aromatic rings. The maximum atomic E-state index is 11.9. The first kappa shape index (κ1) is 21.4. The van der Waals surface area contributed by atoms with Gasteiger partial charge in [0.1, 0.15) is 5.75 Å². The number of anilines is 1. The standard InChI is InChI=1S/C20H21N3O6/c1-28-16-10-6-5-9-15(16)21-17(24)11-12-19(26)29-13-18(25)22-23-20(27)14-7-3-2-4-8-14/h2-10H,11-13H2,1H3,(H,21,24)(H,22,25)(H,23,27). The molecular weight excluding hydrogens is 378 g/mol. The number of esters is 1. The van der Waals surface area contributed by atoms with Gasteiger partial charge < -0.3 is 14.8 Å². The van der Waals surface area contributed by atoms with E-state index in [1.165, 1.54) is 7.11 Å². The van der Waals surface area contributed by atoms with E-state index in [1.807, 2.05) is 0 Å². The number of para-hydroxylation sites is 2. The molecule has 3 amide bonds. The molecule has 0 radical (unpaired) electrons. The Kier molecular flexibility index (Phi) is 8.18. The van der Waals surface area contributed by atoms with Gasteiger partial charge in [-0.15, -0.1) is 0 Å². The van der Waals surface area contributed by atoms with E-state index in [-0.39, 0.29) is 12.8 Å². The van der Waals surface area contributed by atoms with E-state index in [4.69, 9.17) is 9.47 Å². The Labute approximate surface area is 167 Å². The van der Waals surface area contributed by atoms with Crippen molar-refractivity contribution in [2.75, 3.05) is 19.0 Å². The fraction of sp³-hybridized carbons (Fsp3) is 0.200. The van der Waals surface area contributed by atoms with E-state index in [1.54, 1.807) is 54.6 Å². The molecule has 152 valence electrons. The second-order valence-corrected chi connectivity index (χ2v) is 5.78. The predicted molar refractivity (Wildman–Crippen MR) is 104 cm³/mol. The highest BCUT2D eigenvalue weighted by atomic mass is 16.5. The van der Waals surface area contributed by atoms with Crippen LogP contribution >= 0.6 is 0 Å². The SMILES string of the molecule is COc1ccccc1NC(=O)CCC(=O)OCC(=O)NNC(=O)c1ccccc1. The molecule has 0 heterocycles. The van der Waals surface area contributed by atoms with Gasteiger partial charge in [0.05, 0.1) is 19.2 Å². The van der Waals surface area contributed by atoms with Gasteiger partial charge in [-0.25, -0.2) is 0 Å². The van der Waals surface area contributed by atoms with E-state index >= 15 is 0 Å². The van der Waals surface area contributed by atoms with Crippen molar-refractivity contribution in [2.24, 2.45) is 0 Å². The summed E-state index contributed by atoms with van der Waals surface area (Å²) < 4.78 is 9.90. The number of methoxy groups -OCH3 is 1. The molecule has 0 saturated carbocycles. The maximum Gasteiger partial charge on any atom is 0.306 e. The van der Waals surface area contributed by atoms with Crippen LogP contribution in [0, 0.1) is 0 Å². The number of rotatable bonds is 8. The van der Waals surface area contributed by atoms with E-state index in [0.717, 1.165) is 0 Å². The van der Waals surface area contributed by atoms with Crippen molar-refractivity contribution in [1.82, 2.24) is 10.9 Å². The highest BCUT2D eigenvalue weighted by Gasteiger charge is 2.13. The van der Waals surface area contributed by atoms with Crippen molar-refractivity contribution >= 4 is 29.4 Å². The second kappa shape index (κ2) is 11.1. The molecule has 2 rings (SSSR count). The molecule has 0 aliphatic heterocycles. The smallest absolute Gasteiger partial charge is 0.306 e. The van der Waals surface area contributed by atoms with Crippen molar-refractivity contribution in [3.63, 3.8) is 0 Å². The average Bonchev–Trinajstić information content (AvgIpc) is 2.75. The number of carbonyl (C=O) groups excluding carboxylic acids is 4. The Hall–Kier alpha value is -3.88. The van der Waals surface area contributed by atoms with Gasteiger partial charge >= 0.3 is 5.97 Å². The number of carbonyl (C=O) groups is 4. The minimum Gasteiger partial charge on any atom is -0.495 e. The first-order chi connectivity index (χ1) is 14.0. The Morgan fingerprint density at radius 2 is 1.52 bits per heavy atom. The number of nitrogens with one attached hydrogen (secondary N) is 3. The van der Waals surface area contributed by atoms with Crippen molar-refractivity contribution in [1.29, 1.82) is 0 Å². The summed E-state index contributed by atoms with van der Waals surface area (Å²) in [6, 6.07) is 15.1. The predicted octanol–water partition coefficient (Wildman–Crippen LogP) is 1.42. The zero-order valence-electron chi connectivity index (χ0n) is 15.8. The van der Waals surface area contributed by atoms with Crippen molar-refractivity contribution in [2.45, 2.75) is 12.8 Å². The Balaban J connectivity index is 1.65. The molecule has 0 fully saturated rings. The van der Waals surface area contributed by atoms with Crippen molar-refractivity contribution in [3.8, 4) is 5.75 Å². The lowest BCUT2D eigenvalue weighted by atomic mass is 10.2. The molecule has 9 heteroatoms. The van der Waals surface area contributed by atoms with Gasteiger partial charge in [-0.05, 0) is 24.3 Å². The number of ether oxygens (including phenoxy) is 2. The summed E-state index contributed by atoms with van der Waals surface area (Å²) in [4.78, 5) is 47.0. The lowest BCUT2D eigenvalue weighted by Crippen LogP contribution is -2.43. The second-order valence-electron chi connectivity index (χ2n) is 5.78. The third-order valence-electron chi connectivity index (χ3n) is 3.65. The number of amides is 3. The first-order valence-electron chi connectivity index (χ1n) is 8.72. The van der Waals surface area contributed by atoms with Crippen LogP contribution in [-0.2, 0) is 19.1 Å². The van der Waals surface area contributed by atoms with Crippen LogP contribution in [0.2, 0.25) is 0 Å². The van der Waals surface area contributed by atoms with Crippen LogP contribution in [0.25, 0.3) is 0 Å². The van der Waals surface area contributed by atoms with Crippen LogP contribution < -0.4 is 20.9 Å². The Morgan fingerprint density at radius 1 is 0.828 bits per heavy atom. The molecule has 29 heavy (non-hydrogen) atoms. The highest BCUT2D eigenvalue weighted by molar-refractivity contribution is 5.96. The van der Waals surface area contributed by atoms with Gasteiger partial charge in [0.25, 0.3) is 11.8 Å². The molecule has 0 aliphatic rings. The molecule has 0 spiro atoms. The molecule has 9 nitrogen and oxygen atoms in total. The molecular formula is C20H21N3O6. The molecule has 3 N–H and O–H groups in total. The van der Waals surface area contributed by atoms with Crippen LogP contribution in [0.4, 0.5) is 5.69 Å². The molecule has 0 bridgehead atoms. The summed E-state index contributed by atoms with van der Waals surface area (Å²) in [5.41, 5.74) is 5.20. The molecule has 0 unspecified atom stereocenters. The van der Waals surface area contributed by atoms with E-state index in [0.29, 0.717) is 17.0 Å². The molecule has 0 aromatic heterocycles. The maximum absolute atomic E-state index is 11.9. The lowest BCUT2D eigenvalue weighted by Gasteiger charge is -2.10. The van der Waals surface area contributed by atoms with Crippen LogP contribution in [0.1, 0.15) is 23.2 Å². The summed E-state index contributed by atoms with van der Waals surface area (Å²) in [5.74, 6) is -1.83. The first-order valence-corrected chi connectivity index (χ1v) is 8.72. The zero-order chi connectivity index (χ0) is 21.1. The van der Waals surface area contributed by atoms with E-state index in [9.17, 15) is 19.2 Å². The fourth-order valence-corrected chi connectivity index (χ4v) is 2.22. The number of benzene rings is 2. The van der Waals surface area contributed by atoms with Gasteiger partial charge in [0, 0.05) is 12.0 Å². The largest absolute Gasteiger partial charge is 0.495 e. The summed E-state index contributed by atoms with van der Waals surface area (Å²) >= 11 is 0. The van der Waals surface area contributed by atoms with Crippen molar-refractivity contribution in [3.05, 3.63) is 60.2 Å². The zero-order valence-corrected chi connectivity index (χ0v) is 15.8. The number of hydrogen-bond acceptors (Lipinski definition) is 6. The van der Waals surface area contributed by atoms with Crippen LogP contribution in [0.15, 0.2) is 54.6 Å². The van der Waals surface area contributed by atoms with Gasteiger partial charge in [-0.3, -0.25) is 30.0 Å². The summed E-state index contributed by atoms with van der Waals surface area (Å²) in [6.07, 6.45) is -0.326. The summed E-state index contributed by atoms with van der Waals surface area (Å²) in [6.45, 7) is -0.581. The number of hydrazine groups is 1. The minimum absolute atomic E-state index is 0.122. The number of hydrogen-bond donors (Lipinski definition) is 3. The van der Waals surface area contributed by atoms with Gasteiger partial charge in [0.2, 0.25) is 5.91 Å². The highest BCUT2D eigenvalue weighted by Crippen LogP contribution is 2.23. The van der Waals surface area contributed by atoms with Crippen LogP contribution in [-0.4, -0.2) is 37.4 Å². The summed E-state index contributed by atoms with van der Waals surface area (Å²) in [5, 5.41) is 2.63. The minimum atomic E-state index is -0.718. The van der Waals surface area contributed by atoms with Crippen LogP contribution in [0.3, 0.4) is 0 Å². The normalized spacial score (nSPS) is 9.83. The Morgan fingerprint density at radius 3 is 2.24 bits per heavy atom. The molecule has 0 aliphatic carbocycles. The van der Waals surface area contributed by atoms with E-state index < -0.39 is 30.3 Å². The monoisotopic (exact) mass is 399 g/mol. The lowest BCUT2D eigenvalue weighted by molar-refractivity contribution is -0.149. The van der Waals surface area contributed by atoms with Gasteiger partial charge in [-0.2, -0.15) is 0 Å². The van der Waals surface area contributed by atoms with Gasteiger partial charge in [0.15, 0.2) is 6.61 Å². The Bertz CT molecular complexity index is 870. The molecule has 2 aromatic carbocycles. The molecule has 0 saturated heterocycles. The third kappa shape index (κ3) is 7.33.